The van der Waals surface area contributed by atoms with E-state index >= 15 is 0 Å². The summed E-state index contributed by atoms with van der Waals surface area (Å²) in [5, 5.41) is 9.28. The van der Waals surface area contributed by atoms with E-state index in [0.717, 1.165) is 120 Å². The lowest BCUT2D eigenvalue weighted by Gasteiger charge is -2.33. The lowest BCUT2D eigenvalue weighted by molar-refractivity contribution is 0.586. The van der Waals surface area contributed by atoms with E-state index in [-0.39, 0.29) is 21.7 Å². The van der Waals surface area contributed by atoms with Gasteiger partial charge < -0.3 is 9.13 Å². The zero-order chi connectivity index (χ0) is 92.4. The zero-order valence-electron chi connectivity index (χ0n) is 79.1. The molecule has 137 heavy (non-hydrogen) atoms. The maximum Gasteiger partial charge on any atom is 0.109 e. The lowest BCUT2D eigenvalue weighted by atomic mass is 9.68. The number of aromatic nitrogens is 4. The topological polar surface area (TPSA) is 35.6 Å². The van der Waals surface area contributed by atoms with Crippen LogP contribution in [0.4, 0.5) is 0 Å². The predicted octanol–water partition coefficient (Wildman–Crippen LogP) is 35.2. The van der Waals surface area contributed by atoms with E-state index in [4.69, 9.17) is 9.97 Å². The molecule has 0 aliphatic heterocycles. The molecule has 0 N–H and O–H groups in total. The van der Waals surface area contributed by atoms with Crippen LogP contribution in [-0.2, 0) is 32.5 Å². The van der Waals surface area contributed by atoms with Crippen molar-refractivity contribution >= 4 is 98.6 Å². The quantitative estimate of drug-likeness (QED) is 0.142. The summed E-state index contributed by atoms with van der Waals surface area (Å²) in [6.45, 7) is 28.4. The Balaban J connectivity index is 0.738. The second-order valence-corrected chi connectivity index (χ2v) is 43.9. The van der Waals surface area contributed by atoms with Crippen LogP contribution < -0.4 is 0 Å². The Morgan fingerprint density at radius 2 is 0.467 bits per heavy atom. The van der Waals surface area contributed by atoms with Crippen molar-refractivity contribution in [3.8, 4) is 121 Å². The Morgan fingerprint density at radius 1 is 0.197 bits per heavy atom. The Kier molecular flexibility index (Phi) is 17.2. The number of hydrogen-bond acceptors (Lipinski definition) is 3. The predicted molar refractivity (Wildman–Crippen MR) is 579 cm³/mol. The van der Waals surface area contributed by atoms with Crippen LogP contribution in [0.2, 0.25) is 0 Å². The largest absolute Gasteiger partial charge is 0.309 e. The number of hydrogen-bond donors (Lipinski definition) is 0. The molecule has 654 valence electrons. The van der Waals surface area contributed by atoms with Crippen LogP contribution in [0.3, 0.4) is 0 Å². The van der Waals surface area contributed by atoms with Crippen molar-refractivity contribution in [2.75, 3.05) is 0 Å². The van der Waals surface area contributed by atoms with Gasteiger partial charge in [-0.15, -0.1) is 11.3 Å². The summed E-state index contributed by atoms with van der Waals surface area (Å²) >= 11 is 1.88. The molecule has 4 aromatic heterocycles. The van der Waals surface area contributed by atoms with Gasteiger partial charge in [-0.2, -0.15) is 0 Å². The normalized spacial score (nSPS) is 13.8. The first-order valence-electron chi connectivity index (χ1n) is 48.6. The Bertz CT molecular complexity index is 8420. The second-order valence-electron chi connectivity index (χ2n) is 42.9. The number of nitrogens with zero attached hydrogens (tertiary/aromatic N) is 4. The second kappa shape index (κ2) is 29.1. The van der Waals surface area contributed by atoms with Crippen molar-refractivity contribution in [1.29, 1.82) is 0 Å². The zero-order valence-corrected chi connectivity index (χ0v) is 80.0. The van der Waals surface area contributed by atoms with Gasteiger partial charge in [0.15, 0.2) is 0 Å². The molecular weight excluding hydrogens is 1670 g/mol. The van der Waals surface area contributed by atoms with Gasteiger partial charge in [-0.1, -0.05) is 411 Å². The molecule has 4 heterocycles. The van der Waals surface area contributed by atoms with Crippen LogP contribution in [0, 0.1) is 0 Å². The molecule has 0 fully saturated rings. The standard InChI is InChI=1S/C132H100N4S/c1-127(2,3)81-57-67-93-94-68-58-82(128(4,5)6)74-112(94)131(111(93)73-81)107-43-23-17-39-101(107)119-103(41-29-45-109(119)131)125-123-124(126(137-125)104-42-30-46-110-120(104)102-40-18-24-44-108(102)132(110)113-75-83(129(7,8)9)59-69-95(113)96-70-60-84(76-114(96)132)130(10,11)12)134-122-106-72-80(90-34-16-14-32-88(90)78-53-63-86(64-54-78)136-117-49-27-21-37-99(117)100-38-22-28-50-118(100)136)56-66-92(106)91-65-55-79(71-105(91)121(122)133-123)89-33-15-13-31-87(89)77-51-61-85(62-52-77)135-115-47-25-19-35-97(115)98-36-20-26-48-116(98)135/h13-76H,1-12H3. The Labute approximate surface area is 803 Å². The molecule has 4 aliphatic rings. The van der Waals surface area contributed by atoms with Crippen LogP contribution in [-0.4, -0.2) is 19.1 Å². The molecule has 19 aromatic carbocycles. The average molecular weight is 1770 g/mol. The minimum Gasteiger partial charge on any atom is -0.309 e. The van der Waals surface area contributed by atoms with E-state index in [1.807, 2.05) is 11.3 Å². The number of rotatable bonds is 8. The maximum atomic E-state index is 6.60. The molecule has 0 atom stereocenters. The fourth-order valence-corrected chi connectivity index (χ4v) is 25.9. The summed E-state index contributed by atoms with van der Waals surface area (Å²) in [5.74, 6) is 0. The van der Waals surface area contributed by atoms with E-state index in [0.29, 0.717) is 0 Å². The first kappa shape index (κ1) is 81.2. The lowest BCUT2D eigenvalue weighted by Crippen LogP contribution is -2.27. The van der Waals surface area contributed by atoms with Crippen LogP contribution in [0.5, 0.6) is 0 Å². The molecule has 23 aromatic rings. The monoisotopic (exact) mass is 1770 g/mol. The van der Waals surface area contributed by atoms with Crippen molar-refractivity contribution in [1.82, 2.24) is 19.1 Å². The molecular formula is C132H100N4S. The van der Waals surface area contributed by atoms with E-state index in [1.54, 1.807) is 0 Å². The molecule has 0 saturated heterocycles. The summed E-state index contributed by atoms with van der Waals surface area (Å²) in [6, 6.07) is 149. The van der Waals surface area contributed by atoms with E-state index in [1.165, 1.54) is 155 Å². The minimum absolute atomic E-state index is 0.122. The van der Waals surface area contributed by atoms with Crippen molar-refractivity contribution in [3.05, 3.63) is 455 Å². The highest BCUT2D eigenvalue weighted by Gasteiger charge is 2.56. The van der Waals surface area contributed by atoms with Gasteiger partial charge in [0.2, 0.25) is 0 Å². The average Bonchev–Trinajstić information content (AvgIpc) is 1.50. The van der Waals surface area contributed by atoms with Gasteiger partial charge in [-0.25, -0.2) is 9.97 Å². The highest BCUT2D eigenvalue weighted by Crippen LogP contribution is 2.69. The minimum atomic E-state index is -0.668. The third-order valence-electron chi connectivity index (χ3n) is 31.2. The van der Waals surface area contributed by atoms with Crippen molar-refractivity contribution < 1.29 is 0 Å². The number of para-hydroxylation sites is 4. The van der Waals surface area contributed by atoms with E-state index in [9.17, 15) is 0 Å². The van der Waals surface area contributed by atoms with Crippen LogP contribution in [0.25, 0.3) is 208 Å². The summed E-state index contributed by atoms with van der Waals surface area (Å²) in [5.41, 5.74) is 45.9. The highest BCUT2D eigenvalue weighted by molar-refractivity contribution is 7.21. The van der Waals surface area contributed by atoms with Gasteiger partial charge in [0.05, 0.1) is 53.7 Å². The first-order chi connectivity index (χ1) is 66.5. The summed E-state index contributed by atoms with van der Waals surface area (Å²) < 4.78 is 4.82. The van der Waals surface area contributed by atoms with Crippen molar-refractivity contribution in [2.45, 2.75) is 116 Å². The van der Waals surface area contributed by atoms with Crippen molar-refractivity contribution in [2.24, 2.45) is 0 Å². The molecule has 0 amide bonds. The fourth-order valence-electron chi connectivity index (χ4n) is 24.6. The maximum absolute atomic E-state index is 6.60. The van der Waals surface area contributed by atoms with Gasteiger partial charge >= 0.3 is 0 Å². The first-order valence-corrected chi connectivity index (χ1v) is 49.4. The summed E-state index contributed by atoms with van der Waals surface area (Å²) in [6.07, 6.45) is 0. The molecule has 2 spiro atoms. The van der Waals surface area contributed by atoms with Gasteiger partial charge in [-0.05, 0) is 249 Å². The summed E-state index contributed by atoms with van der Waals surface area (Å²) in [4.78, 5) is 15.4. The van der Waals surface area contributed by atoms with Crippen molar-refractivity contribution in [3.63, 3.8) is 0 Å². The fraction of sp³-hybridized carbons (Fsp3) is 0.136. The number of thiophene rings is 1. The van der Waals surface area contributed by atoms with Gasteiger partial charge in [0, 0.05) is 54.8 Å². The SMILES string of the molecule is CC(C)(C)c1ccc2c(c1)C1(c3cc(C(C)(C)C)ccc3-2)c2ccccc2-c2c(-c3sc(-c4cccc5c4-c4ccccc4C54c5cc(C(C)(C)C)ccc5-c5ccc(C(C)(C)C)cc54)c4nc5c6cc(-c7ccccc7-c7ccc(-n8c9ccccc9c9ccccc98)cc7)ccc6c6ccc(-c7ccccc7-c7ccc(-n8c9ccccc9c9ccccc98)cc7)cc6c5nc34)cccc21. The van der Waals surface area contributed by atoms with Gasteiger partial charge in [-0.3, -0.25) is 0 Å². The third kappa shape index (κ3) is 11.6. The molecule has 4 aliphatic carbocycles. The van der Waals surface area contributed by atoms with Gasteiger partial charge in [0.1, 0.15) is 11.0 Å². The molecule has 5 heteroatoms. The van der Waals surface area contributed by atoms with E-state index in [2.05, 4.69) is 480 Å². The Hall–Kier alpha value is -15.4. The molecule has 4 nitrogen and oxygen atoms in total. The van der Waals surface area contributed by atoms with E-state index < -0.39 is 10.8 Å². The number of fused-ring (bicyclic) bond motifs is 33. The Morgan fingerprint density at radius 3 is 0.788 bits per heavy atom. The molecule has 0 saturated carbocycles. The van der Waals surface area contributed by atoms with Crippen LogP contribution in [0.15, 0.2) is 388 Å². The summed E-state index contributed by atoms with van der Waals surface area (Å²) in [7, 11) is 0. The van der Waals surface area contributed by atoms with Gasteiger partial charge in [0.25, 0.3) is 0 Å². The highest BCUT2D eigenvalue weighted by atomic mass is 32.1. The number of benzene rings is 19. The van der Waals surface area contributed by atoms with Crippen LogP contribution >= 0.6 is 11.3 Å². The van der Waals surface area contributed by atoms with Crippen LogP contribution in [0.1, 0.15) is 150 Å². The third-order valence-corrected chi connectivity index (χ3v) is 32.5. The molecule has 27 rings (SSSR count). The smallest absolute Gasteiger partial charge is 0.109 e. The molecule has 0 unspecified atom stereocenters. The molecule has 0 radical (unpaired) electrons. The molecule has 0 bridgehead atoms.